The molecule has 7 heteroatoms. The predicted molar refractivity (Wildman–Crippen MR) is 110 cm³/mol. The van der Waals surface area contributed by atoms with Crippen LogP contribution in [0.4, 0.5) is 0 Å². The molecule has 1 amide bonds. The van der Waals surface area contributed by atoms with E-state index in [9.17, 15) is 4.79 Å². The van der Waals surface area contributed by atoms with E-state index in [1.165, 1.54) is 5.57 Å². The van der Waals surface area contributed by atoms with E-state index in [0.717, 1.165) is 84.0 Å². The topological polar surface area (TPSA) is 78.0 Å². The highest BCUT2D eigenvalue weighted by molar-refractivity contribution is 5.80. The van der Waals surface area contributed by atoms with Crippen molar-refractivity contribution in [3.05, 3.63) is 11.6 Å². The first-order valence-electron chi connectivity index (χ1n) is 10.5. The molecule has 0 aromatic carbocycles. The molecular weight excluding hydrogens is 342 g/mol. The van der Waals surface area contributed by atoms with Gasteiger partial charge in [-0.15, -0.1) is 0 Å². The lowest BCUT2D eigenvalue weighted by atomic mass is 10.1. The zero-order valence-corrected chi connectivity index (χ0v) is 17.1. The molecule has 0 bridgehead atoms. The van der Waals surface area contributed by atoms with Crippen molar-refractivity contribution in [2.24, 2.45) is 4.99 Å². The number of nitrogens with zero attached hydrogens (tertiary/aromatic N) is 2. The second-order valence-electron chi connectivity index (χ2n) is 7.24. The first kappa shape index (κ1) is 21.7. The molecule has 1 saturated heterocycles. The van der Waals surface area contributed by atoms with Crippen LogP contribution in [0.2, 0.25) is 0 Å². The molecule has 0 aromatic rings. The van der Waals surface area contributed by atoms with Gasteiger partial charge in [0.15, 0.2) is 5.96 Å². The Hall–Kier alpha value is -1.60. The molecular formula is C20H37N5O2. The smallest absolute Gasteiger partial charge is 0.234 e. The molecule has 27 heavy (non-hydrogen) atoms. The van der Waals surface area contributed by atoms with E-state index in [-0.39, 0.29) is 5.91 Å². The number of likely N-dealkylation sites (tertiary alicyclic amines) is 1. The van der Waals surface area contributed by atoms with Gasteiger partial charge in [-0.05, 0) is 39.0 Å². The third-order valence-electron chi connectivity index (χ3n) is 4.97. The van der Waals surface area contributed by atoms with Crippen molar-refractivity contribution in [3.63, 3.8) is 0 Å². The Morgan fingerprint density at radius 2 is 2.11 bits per heavy atom. The number of piperidine rings is 1. The third-order valence-corrected chi connectivity index (χ3v) is 4.97. The van der Waals surface area contributed by atoms with E-state index in [0.29, 0.717) is 12.6 Å². The van der Waals surface area contributed by atoms with Crippen LogP contribution in [-0.2, 0) is 9.53 Å². The summed E-state index contributed by atoms with van der Waals surface area (Å²) >= 11 is 0. The summed E-state index contributed by atoms with van der Waals surface area (Å²) in [5, 5.41) is 9.87. The van der Waals surface area contributed by atoms with Gasteiger partial charge in [0.05, 0.1) is 19.8 Å². The normalized spacial score (nSPS) is 19.5. The van der Waals surface area contributed by atoms with Crippen LogP contribution in [0.1, 0.15) is 46.0 Å². The quantitative estimate of drug-likeness (QED) is 0.319. The highest BCUT2D eigenvalue weighted by atomic mass is 16.5. The van der Waals surface area contributed by atoms with Crippen molar-refractivity contribution in [2.75, 3.05) is 52.5 Å². The van der Waals surface area contributed by atoms with Gasteiger partial charge in [0.2, 0.25) is 5.91 Å². The number of ether oxygens (including phenoxy) is 1. The second-order valence-corrected chi connectivity index (χ2v) is 7.24. The Kier molecular flexibility index (Phi) is 10.2. The number of rotatable bonds is 9. The maximum atomic E-state index is 11.9. The van der Waals surface area contributed by atoms with Gasteiger partial charge in [-0.1, -0.05) is 18.6 Å². The monoisotopic (exact) mass is 379 g/mol. The molecule has 0 spiro atoms. The van der Waals surface area contributed by atoms with Crippen molar-refractivity contribution in [2.45, 2.75) is 52.0 Å². The van der Waals surface area contributed by atoms with Crippen molar-refractivity contribution in [1.82, 2.24) is 20.9 Å². The number of carbonyl (C=O) groups is 1. The molecule has 0 saturated carbocycles. The van der Waals surface area contributed by atoms with Crippen molar-refractivity contribution in [3.8, 4) is 0 Å². The minimum absolute atomic E-state index is 0.139. The van der Waals surface area contributed by atoms with E-state index < -0.39 is 0 Å². The molecule has 2 aliphatic rings. The Morgan fingerprint density at radius 3 is 2.78 bits per heavy atom. The van der Waals surface area contributed by atoms with Crippen LogP contribution in [-0.4, -0.2) is 75.3 Å². The van der Waals surface area contributed by atoms with Gasteiger partial charge >= 0.3 is 0 Å². The van der Waals surface area contributed by atoms with Crippen LogP contribution in [0.25, 0.3) is 0 Å². The lowest BCUT2D eigenvalue weighted by Crippen LogP contribution is -2.50. The first-order valence-corrected chi connectivity index (χ1v) is 10.5. The summed E-state index contributed by atoms with van der Waals surface area (Å²) in [7, 11) is 0. The molecule has 154 valence electrons. The van der Waals surface area contributed by atoms with Crippen LogP contribution in [0.15, 0.2) is 16.6 Å². The van der Waals surface area contributed by atoms with Gasteiger partial charge < -0.3 is 20.7 Å². The lowest BCUT2D eigenvalue weighted by Gasteiger charge is -2.32. The van der Waals surface area contributed by atoms with Crippen LogP contribution < -0.4 is 16.0 Å². The van der Waals surface area contributed by atoms with E-state index in [1.54, 1.807) is 0 Å². The molecule has 1 fully saturated rings. The average molecular weight is 380 g/mol. The minimum atomic E-state index is 0.139. The summed E-state index contributed by atoms with van der Waals surface area (Å²) in [5.41, 5.74) is 1.45. The van der Waals surface area contributed by atoms with Crippen molar-refractivity contribution >= 4 is 11.9 Å². The molecule has 3 N–H and O–H groups in total. The maximum absolute atomic E-state index is 11.9. The lowest BCUT2D eigenvalue weighted by molar-refractivity contribution is -0.122. The van der Waals surface area contributed by atoms with Gasteiger partial charge in [0.25, 0.3) is 0 Å². The fraction of sp³-hybridized carbons (Fsp3) is 0.800. The number of hydrogen-bond acceptors (Lipinski definition) is 4. The van der Waals surface area contributed by atoms with Crippen LogP contribution in [0, 0.1) is 0 Å². The third kappa shape index (κ3) is 8.75. The Morgan fingerprint density at radius 1 is 1.30 bits per heavy atom. The second kappa shape index (κ2) is 12.7. The number of hydrogen-bond donors (Lipinski definition) is 3. The van der Waals surface area contributed by atoms with E-state index in [2.05, 4.69) is 40.8 Å². The Balaban J connectivity index is 1.70. The van der Waals surface area contributed by atoms with Crippen LogP contribution in [0.3, 0.4) is 0 Å². The van der Waals surface area contributed by atoms with Crippen molar-refractivity contribution in [1.29, 1.82) is 0 Å². The van der Waals surface area contributed by atoms with E-state index >= 15 is 0 Å². The summed E-state index contributed by atoms with van der Waals surface area (Å²) in [5.74, 6) is 1.05. The van der Waals surface area contributed by atoms with Crippen LogP contribution in [0.5, 0.6) is 0 Å². The SMILES string of the molecule is CCCNC(=O)CN1CCC(NC(=NCCC2=CCOCC2)NCC)CC1. The largest absolute Gasteiger partial charge is 0.377 e. The summed E-state index contributed by atoms with van der Waals surface area (Å²) in [6.07, 6.45) is 7.28. The predicted octanol–water partition coefficient (Wildman–Crippen LogP) is 1.27. The van der Waals surface area contributed by atoms with Gasteiger partial charge in [-0.2, -0.15) is 0 Å². The summed E-state index contributed by atoms with van der Waals surface area (Å²) in [6, 6.07) is 0.417. The summed E-state index contributed by atoms with van der Waals surface area (Å²) in [4.78, 5) is 18.8. The number of amides is 1. The molecule has 0 atom stereocenters. The molecule has 2 rings (SSSR count). The molecule has 2 heterocycles. The zero-order chi connectivity index (χ0) is 19.3. The minimum Gasteiger partial charge on any atom is -0.377 e. The molecule has 7 nitrogen and oxygen atoms in total. The molecule has 0 aliphatic carbocycles. The molecule has 2 aliphatic heterocycles. The Labute approximate surface area is 164 Å². The number of guanidine groups is 1. The molecule has 0 unspecified atom stereocenters. The van der Waals surface area contributed by atoms with Crippen molar-refractivity contribution < 1.29 is 9.53 Å². The summed E-state index contributed by atoms with van der Waals surface area (Å²) < 4.78 is 5.35. The highest BCUT2D eigenvalue weighted by Gasteiger charge is 2.21. The van der Waals surface area contributed by atoms with Crippen LogP contribution >= 0.6 is 0 Å². The number of aliphatic imine (C=N–C) groups is 1. The van der Waals surface area contributed by atoms with E-state index in [4.69, 9.17) is 9.73 Å². The zero-order valence-electron chi connectivity index (χ0n) is 17.1. The number of carbonyl (C=O) groups excluding carboxylic acids is 1. The van der Waals surface area contributed by atoms with Gasteiger partial charge in [0, 0.05) is 38.8 Å². The molecule has 0 aromatic heterocycles. The first-order chi connectivity index (χ1) is 13.2. The fourth-order valence-electron chi connectivity index (χ4n) is 3.38. The molecule has 0 radical (unpaired) electrons. The standard InChI is InChI=1S/C20H37N5O2/c1-3-10-22-19(26)16-25-12-6-18(7-13-25)24-20(21-4-2)23-11-5-17-8-14-27-15-9-17/h8,18H,3-7,9-16H2,1-2H3,(H,22,26)(H2,21,23,24). The van der Waals surface area contributed by atoms with Gasteiger partial charge in [-0.25, -0.2) is 0 Å². The fourth-order valence-corrected chi connectivity index (χ4v) is 3.38. The van der Waals surface area contributed by atoms with Gasteiger partial charge in [0.1, 0.15) is 0 Å². The van der Waals surface area contributed by atoms with Gasteiger partial charge in [-0.3, -0.25) is 14.7 Å². The van der Waals surface area contributed by atoms with E-state index in [1.807, 2.05) is 0 Å². The summed E-state index contributed by atoms with van der Waals surface area (Å²) in [6.45, 7) is 10.6. The Bertz CT molecular complexity index is 499. The number of nitrogens with one attached hydrogen (secondary N) is 3. The average Bonchev–Trinajstić information content (AvgIpc) is 2.69. The maximum Gasteiger partial charge on any atom is 0.234 e. The highest BCUT2D eigenvalue weighted by Crippen LogP contribution is 2.12.